The molecule has 0 bridgehead atoms. The first kappa shape index (κ1) is 19.0. The minimum atomic E-state index is -1.81. The van der Waals surface area contributed by atoms with Gasteiger partial charge in [0.1, 0.15) is 13.8 Å². The Morgan fingerprint density at radius 1 is 0.958 bits per heavy atom. The first-order valence-electron chi connectivity index (χ1n) is 9.29. The van der Waals surface area contributed by atoms with Crippen LogP contribution in [-0.4, -0.2) is 15.2 Å². The Labute approximate surface area is 149 Å². The maximum absolute atomic E-state index is 5.92. The van der Waals surface area contributed by atoms with Gasteiger partial charge in [0.2, 0.25) is 0 Å². The van der Waals surface area contributed by atoms with Gasteiger partial charge in [-0.05, 0) is 56.9 Å². The van der Waals surface area contributed by atoms with Crippen LogP contribution < -0.4 is 9.92 Å². The van der Waals surface area contributed by atoms with Crippen molar-refractivity contribution in [2.24, 2.45) is 5.92 Å². The van der Waals surface area contributed by atoms with Crippen LogP contribution in [0, 0.1) is 19.8 Å². The van der Waals surface area contributed by atoms with Gasteiger partial charge in [-0.1, -0.05) is 66.9 Å². The second-order valence-electron chi connectivity index (χ2n) is 7.52. The maximum Gasteiger partial charge on any atom is 0.121 e. The van der Waals surface area contributed by atoms with Crippen molar-refractivity contribution in [1.82, 2.24) is 0 Å². The molecule has 1 aromatic rings. The first-order chi connectivity index (χ1) is 11.2. The molecule has 1 aromatic carbocycles. The van der Waals surface area contributed by atoms with E-state index in [-0.39, 0.29) is 0 Å². The summed E-state index contributed by atoms with van der Waals surface area (Å²) in [7, 11) is 0.0214. The van der Waals surface area contributed by atoms with E-state index in [1.807, 2.05) is 7.11 Å². The van der Waals surface area contributed by atoms with Gasteiger partial charge in [0, 0.05) is 0 Å². The zero-order chi connectivity index (χ0) is 18.2. The lowest BCUT2D eigenvalue weighted by atomic mass is 10.1. The Balaban J connectivity index is 2.81. The smallest absolute Gasteiger partial charge is 0.121 e. The summed E-state index contributed by atoms with van der Waals surface area (Å²) < 4.78 is 5.92. The van der Waals surface area contributed by atoms with E-state index in [4.69, 9.17) is 4.74 Å². The summed E-state index contributed by atoms with van der Waals surface area (Å²) in [6.45, 7) is 18.6. The molecule has 2 heteroatoms. The SMILES string of the molecule is CC[Si](CC)(C1=C(C)C(C)=C(C)C1C)c1cc(C)cc(C)c1OC. The summed E-state index contributed by atoms with van der Waals surface area (Å²) >= 11 is 0. The summed E-state index contributed by atoms with van der Waals surface area (Å²) in [4.78, 5) is 0. The molecule has 1 atom stereocenters. The second kappa shape index (κ2) is 6.91. The quantitative estimate of drug-likeness (QED) is 0.610. The van der Waals surface area contributed by atoms with Crippen molar-refractivity contribution in [2.45, 2.75) is 67.5 Å². The lowest BCUT2D eigenvalue weighted by molar-refractivity contribution is 0.414. The maximum atomic E-state index is 5.92. The minimum absolute atomic E-state index is 0.571. The van der Waals surface area contributed by atoms with Crippen LogP contribution in [0.15, 0.2) is 34.0 Å². The van der Waals surface area contributed by atoms with Crippen LogP contribution >= 0.6 is 0 Å². The van der Waals surface area contributed by atoms with E-state index in [1.165, 1.54) is 34.0 Å². The monoisotopic (exact) mass is 342 g/mol. The molecule has 0 heterocycles. The zero-order valence-corrected chi connectivity index (χ0v) is 18.1. The largest absolute Gasteiger partial charge is 0.497 e. The molecule has 0 saturated heterocycles. The van der Waals surface area contributed by atoms with E-state index in [9.17, 15) is 0 Å². The van der Waals surface area contributed by atoms with Gasteiger partial charge < -0.3 is 4.74 Å². The average Bonchev–Trinajstić information content (AvgIpc) is 2.74. The van der Waals surface area contributed by atoms with Crippen molar-refractivity contribution in [1.29, 1.82) is 0 Å². The van der Waals surface area contributed by atoms with E-state index in [2.05, 4.69) is 67.5 Å². The summed E-state index contributed by atoms with van der Waals surface area (Å²) in [5.41, 5.74) is 7.25. The zero-order valence-electron chi connectivity index (χ0n) is 17.1. The van der Waals surface area contributed by atoms with Gasteiger partial charge in [-0.15, -0.1) is 0 Å². The normalized spacial score (nSPS) is 18.6. The van der Waals surface area contributed by atoms with Crippen molar-refractivity contribution in [2.75, 3.05) is 7.11 Å². The molecule has 2 rings (SSSR count). The Kier molecular flexibility index (Phi) is 5.49. The van der Waals surface area contributed by atoms with E-state index >= 15 is 0 Å². The van der Waals surface area contributed by atoms with E-state index in [0.29, 0.717) is 5.92 Å². The molecule has 0 aliphatic heterocycles. The van der Waals surface area contributed by atoms with Crippen LogP contribution in [-0.2, 0) is 0 Å². The molecule has 1 aliphatic carbocycles. The van der Waals surface area contributed by atoms with E-state index in [1.54, 1.807) is 16.3 Å². The Morgan fingerprint density at radius 3 is 1.96 bits per heavy atom. The number of aryl methyl sites for hydroxylation is 2. The molecule has 0 spiro atoms. The highest BCUT2D eigenvalue weighted by Gasteiger charge is 2.44. The molecule has 0 saturated carbocycles. The van der Waals surface area contributed by atoms with Crippen LogP contribution in [0.25, 0.3) is 0 Å². The second-order valence-corrected chi connectivity index (χ2v) is 12.2. The molecule has 0 N–H and O–H groups in total. The number of ether oxygens (including phenoxy) is 1. The van der Waals surface area contributed by atoms with Gasteiger partial charge in [-0.3, -0.25) is 0 Å². The van der Waals surface area contributed by atoms with E-state index in [0.717, 1.165) is 5.75 Å². The van der Waals surface area contributed by atoms with E-state index < -0.39 is 8.07 Å². The third-order valence-corrected chi connectivity index (χ3v) is 12.2. The number of methoxy groups -OCH3 is 1. The molecule has 0 amide bonds. The molecule has 132 valence electrons. The Hall–Kier alpha value is -1.28. The molecule has 0 fully saturated rings. The molecule has 1 unspecified atom stereocenters. The third-order valence-electron chi connectivity index (χ3n) is 6.50. The van der Waals surface area contributed by atoms with Crippen molar-refractivity contribution in [3.63, 3.8) is 0 Å². The fraction of sp³-hybridized carbons (Fsp3) is 0.545. The molecule has 0 radical (unpaired) electrons. The predicted molar refractivity (Wildman–Crippen MR) is 109 cm³/mol. The van der Waals surface area contributed by atoms with Gasteiger partial charge in [0.25, 0.3) is 0 Å². The Morgan fingerprint density at radius 2 is 1.54 bits per heavy atom. The lowest BCUT2D eigenvalue weighted by Gasteiger charge is -2.37. The molecule has 1 nitrogen and oxygen atoms in total. The van der Waals surface area contributed by atoms with Gasteiger partial charge in [-0.2, -0.15) is 0 Å². The number of hydrogen-bond acceptors (Lipinski definition) is 1. The van der Waals surface area contributed by atoms with Crippen LogP contribution in [0.2, 0.25) is 12.1 Å². The predicted octanol–water partition coefficient (Wildman–Crippen LogP) is 5.85. The fourth-order valence-electron chi connectivity index (χ4n) is 4.87. The molecule has 24 heavy (non-hydrogen) atoms. The minimum Gasteiger partial charge on any atom is -0.497 e. The van der Waals surface area contributed by atoms with Crippen LogP contribution in [0.5, 0.6) is 5.75 Å². The third kappa shape index (κ3) is 2.69. The summed E-state index contributed by atoms with van der Waals surface area (Å²) in [6, 6.07) is 7.14. The lowest BCUT2D eigenvalue weighted by Crippen LogP contribution is -2.51. The number of hydrogen-bond donors (Lipinski definition) is 0. The summed E-state index contributed by atoms with van der Waals surface area (Å²) in [5, 5.41) is 3.25. The molecular formula is C22H34OSi. The molecular weight excluding hydrogens is 308 g/mol. The fourth-order valence-corrected chi connectivity index (χ4v) is 10.4. The summed E-state index contributed by atoms with van der Waals surface area (Å²) in [5.74, 6) is 1.70. The average molecular weight is 343 g/mol. The van der Waals surface area contributed by atoms with Crippen molar-refractivity contribution in [3.8, 4) is 5.75 Å². The van der Waals surface area contributed by atoms with Crippen LogP contribution in [0.1, 0.15) is 52.7 Å². The highest BCUT2D eigenvalue weighted by molar-refractivity contribution is 6.98. The topological polar surface area (TPSA) is 9.23 Å². The number of rotatable bonds is 5. The highest BCUT2D eigenvalue weighted by atomic mass is 28.3. The van der Waals surface area contributed by atoms with Crippen molar-refractivity contribution >= 4 is 13.3 Å². The standard InChI is InChI=1S/C22H34OSi/c1-10-24(11-2,22-18(7)16(5)17(6)19(22)8)20-13-14(3)12-15(4)21(20)23-9/h12-13,18H,10-11H2,1-9H3. The van der Waals surface area contributed by atoms with Crippen molar-refractivity contribution < 1.29 is 4.74 Å². The van der Waals surface area contributed by atoms with Gasteiger partial charge >= 0.3 is 0 Å². The van der Waals surface area contributed by atoms with Gasteiger partial charge in [-0.25, -0.2) is 0 Å². The molecule has 0 aromatic heterocycles. The van der Waals surface area contributed by atoms with Gasteiger partial charge in [0.15, 0.2) is 0 Å². The number of allylic oxidation sites excluding steroid dienone is 4. The Bertz CT molecular complexity index is 705. The highest BCUT2D eigenvalue weighted by Crippen LogP contribution is 2.44. The van der Waals surface area contributed by atoms with Crippen molar-refractivity contribution in [3.05, 3.63) is 45.2 Å². The number of benzene rings is 1. The summed E-state index contributed by atoms with van der Waals surface area (Å²) in [6.07, 6.45) is 0. The van der Waals surface area contributed by atoms with Crippen LogP contribution in [0.4, 0.5) is 0 Å². The van der Waals surface area contributed by atoms with Crippen LogP contribution in [0.3, 0.4) is 0 Å². The molecule has 1 aliphatic rings. The first-order valence-corrected chi connectivity index (χ1v) is 11.7. The van der Waals surface area contributed by atoms with Gasteiger partial charge in [0.05, 0.1) is 7.11 Å².